The van der Waals surface area contributed by atoms with E-state index in [0.717, 1.165) is 34.2 Å². The highest BCUT2D eigenvalue weighted by molar-refractivity contribution is 7.86. The summed E-state index contributed by atoms with van der Waals surface area (Å²) < 4.78 is 63.4. The second kappa shape index (κ2) is 11.5. The maximum Gasteiger partial charge on any atom is 0.330 e. The van der Waals surface area contributed by atoms with Crippen LogP contribution in [0, 0.1) is 0 Å². The van der Waals surface area contributed by atoms with Gasteiger partial charge in [-0.25, -0.2) is 9.18 Å². The van der Waals surface area contributed by atoms with Gasteiger partial charge in [0.15, 0.2) is 17.9 Å². The van der Waals surface area contributed by atoms with Crippen molar-refractivity contribution in [1.29, 1.82) is 0 Å². The largest absolute Gasteiger partial charge is 0.374 e. The van der Waals surface area contributed by atoms with E-state index in [4.69, 9.17) is 18.4 Å². The quantitative estimate of drug-likeness (QED) is 0.370. The molecule has 4 atom stereocenters. The summed E-state index contributed by atoms with van der Waals surface area (Å²) in [5.41, 5.74) is -1.82. The van der Waals surface area contributed by atoms with E-state index in [9.17, 15) is 22.4 Å². The van der Waals surface area contributed by atoms with Crippen LogP contribution in [0.4, 0.5) is 4.39 Å². The van der Waals surface area contributed by atoms with Crippen molar-refractivity contribution in [2.24, 2.45) is 0 Å². The van der Waals surface area contributed by atoms with Crippen molar-refractivity contribution in [3.8, 4) is 0 Å². The van der Waals surface area contributed by atoms with E-state index in [0.29, 0.717) is 0 Å². The highest BCUT2D eigenvalue weighted by atomic mass is 32.2. The summed E-state index contributed by atoms with van der Waals surface area (Å²) in [6.07, 6.45) is -2.28. The van der Waals surface area contributed by atoms with Crippen LogP contribution in [0.1, 0.15) is 17.4 Å². The lowest BCUT2D eigenvalue weighted by Crippen LogP contribution is -2.51. The lowest BCUT2D eigenvalue weighted by Gasteiger charge is -2.32. The molecule has 1 saturated heterocycles. The summed E-state index contributed by atoms with van der Waals surface area (Å²) in [5, 5.41) is 0. The van der Waals surface area contributed by atoms with E-state index < -0.39 is 52.1 Å². The lowest BCUT2D eigenvalue weighted by atomic mass is 9.97. The molecule has 1 aromatic heterocycles. The van der Waals surface area contributed by atoms with Gasteiger partial charge >= 0.3 is 5.69 Å². The maximum atomic E-state index is 14.9. The minimum absolute atomic E-state index is 0.0217. The average molecular weight is 535 g/mol. The van der Waals surface area contributed by atoms with Gasteiger partial charge in [-0.2, -0.15) is 8.42 Å². The zero-order valence-electron chi connectivity index (χ0n) is 20.0. The molecule has 1 N–H and O–H groups in total. The number of nitrogens with zero attached hydrogens (tertiary/aromatic N) is 1. The van der Waals surface area contributed by atoms with Gasteiger partial charge < -0.3 is 14.2 Å². The van der Waals surface area contributed by atoms with E-state index in [2.05, 4.69) is 4.98 Å². The van der Waals surface area contributed by atoms with Crippen molar-refractivity contribution in [1.82, 2.24) is 9.55 Å². The minimum Gasteiger partial charge on any atom is -0.374 e. The fourth-order valence-corrected chi connectivity index (χ4v) is 4.75. The van der Waals surface area contributed by atoms with Crippen molar-refractivity contribution in [2.45, 2.75) is 37.3 Å². The predicted octanol–water partition coefficient (Wildman–Crippen LogP) is 1.92. The van der Waals surface area contributed by atoms with Gasteiger partial charge in [-0.3, -0.25) is 18.5 Å². The molecule has 0 radical (unpaired) electrons. The maximum absolute atomic E-state index is 14.9. The molecule has 1 aliphatic heterocycles. The second-order valence-electron chi connectivity index (χ2n) is 8.68. The van der Waals surface area contributed by atoms with Crippen LogP contribution in [-0.4, -0.2) is 55.3 Å². The minimum atomic E-state index is -4.12. The summed E-state index contributed by atoms with van der Waals surface area (Å²) in [6, 6.07) is 19.2. The number of H-pyrrole nitrogens is 1. The predicted molar refractivity (Wildman–Crippen MR) is 131 cm³/mol. The first-order valence-corrected chi connectivity index (χ1v) is 13.2. The molecule has 2 aromatic carbocycles. The Morgan fingerprint density at radius 1 is 1.00 bits per heavy atom. The molecule has 37 heavy (non-hydrogen) atoms. The fourth-order valence-electron chi connectivity index (χ4n) is 4.15. The molecule has 0 aliphatic carbocycles. The molecule has 0 bridgehead atoms. The Bertz CT molecular complexity index is 1400. The molecular weight excluding hydrogens is 507 g/mol. The molecule has 1 aliphatic rings. The molecule has 2 heterocycles. The number of nitrogens with one attached hydrogen (secondary N) is 1. The van der Waals surface area contributed by atoms with Crippen molar-refractivity contribution in [3.63, 3.8) is 0 Å². The molecule has 4 unspecified atom stereocenters. The Morgan fingerprint density at radius 2 is 1.62 bits per heavy atom. The second-order valence-corrected chi connectivity index (χ2v) is 10.3. The number of alkyl halides is 1. The van der Waals surface area contributed by atoms with Crippen LogP contribution in [-0.2, 0) is 41.7 Å². The molecule has 0 amide bonds. The highest BCUT2D eigenvalue weighted by Gasteiger charge is 2.59. The monoisotopic (exact) mass is 534 g/mol. The van der Waals surface area contributed by atoms with Crippen molar-refractivity contribution >= 4 is 10.1 Å². The van der Waals surface area contributed by atoms with Gasteiger partial charge in [-0.15, -0.1) is 0 Å². The molecule has 1 fully saturated rings. The average Bonchev–Trinajstić information content (AvgIpc) is 3.15. The van der Waals surface area contributed by atoms with Crippen LogP contribution >= 0.6 is 0 Å². The summed E-state index contributed by atoms with van der Waals surface area (Å²) in [7, 11) is -4.12. The summed E-state index contributed by atoms with van der Waals surface area (Å²) in [4.78, 5) is 26.3. The van der Waals surface area contributed by atoms with Crippen LogP contribution in [0.3, 0.4) is 0 Å². The molecule has 3 aromatic rings. The molecule has 12 heteroatoms. The molecule has 4 rings (SSSR count). The first-order valence-electron chi connectivity index (χ1n) is 11.4. The third-order valence-electron chi connectivity index (χ3n) is 5.82. The normalized spacial score (nSPS) is 23.8. The molecular formula is C25H27FN2O8S. The van der Waals surface area contributed by atoms with E-state index in [-0.39, 0.29) is 19.8 Å². The zero-order valence-corrected chi connectivity index (χ0v) is 20.8. The number of ether oxygens (including phenoxy) is 3. The van der Waals surface area contributed by atoms with Crippen LogP contribution < -0.4 is 11.2 Å². The number of aromatic amines is 1. The van der Waals surface area contributed by atoms with Gasteiger partial charge in [0, 0.05) is 12.3 Å². The van der Waals surface area contributed by atoms with Crippen molar-refractivity contribution in [3.05, 3.63) is 105 Å². The highest BCUT2D eigenvalue weighted by Crippen LogP contribution is 2.42. The molecule has 198 valence electrons. The fraction of sp³-hybridized carbons (Fsp3) is 0.360. The van der Waals surface area contributed by atoms with Gasteiger partial charge in [0.1, 0.15) is 12.8 Å². The summed E-state index contributed by atoms with van der Waals surface area (Å²) in [6.45, 7) is -1.38. The molecule has 0 saturated carbocycles. The number of benzene rings is 2. The van der Waals surface area contributed by atoms with Gasteiger partial charge in [-0.05, 0) is 11.1 Å². The van der Waals surface area contributed by atoms with Crippen LogP contribution in [0.2, 0.25) is 0 Å². The first-order chi connectivity index (χ1) is 17.7. The standard InChI is InChI=1S/C25H27FN2O8S/c1-37(31,32)36-21-22(34-15-19-10-6-3-7-11-19)25(16-26,17-33-14-18-8-4-2-5-9-18)35-23(21)28-13-12-20(29)27-24(28)30/h2-13,21-23H,14-17H2,1H3,(H,27,29,30). The smallest absolute Gasteiger partial charge is 0.330 e. The number of hydrogen-bond acceptors (Lipinski definition) is 8. The number of hydrogen-bond donors (Lipinski definition) is 1. The number of aromatic nitrogens is 2. The Balaban J connectivity index is 1.71. The van der Waals surface area contributed by atoms with Crippen molar-refractivity contribution in [2.75, 3.05) is 19.5 Å². The van der Waals surface area contributed by atoms with Crippen LogP contribution in [0.25, 0.3) is 0 Å². The van der Waals surface area contributed by atoms with Crippen LogP contribution in [0.15, 0.2) is 82.5 Å². The van der Waals surface area contributed by atoms with Gasteiger partial charge in [0.2, 0.25) is 0 Å². The van der Waals surface area contributed by atoms with E-state index in [1.165, 1.54) is 0 Å². The SMILES string of the molecule is CS(=O)(=O)OC1C(n2ccc(=O)[nH]c2=O)OC(CF)(COCc2ccccc2)C1OCc1ccccc1. The first kappa shape index (κ1) is 26.9. The Kier molecular flexibility index (Phi) is 8.35. The van der Waals surface area contributed by atoms with E-state index in [1.54, 1.807) is 24.3 Å². The number of halogens is 1. The van der Waals surface area contributed by atoms with Gasteiger partial charge in [0.05, 0.1) is 26.1 Å². The Morgan fingerprint density at radius 3 is 2.19 bits per heavy atom. The van der Waals surface area contributed by atoms with Crippen LogP contribution in [0.5, 0.6) is 0 Å². The lowest BCUT2D eigenvalue weighted by molar-refractivity contribution is -0.165. The Labute approximate surface area is 212 Å². The van der Waals surface area contributed by atoms with E-state index in [1.807, 2.05) is 36.4 Å². The van der Waals surface area contributed by atoms with E-state index >= 15 is 0 Å². The third kappa shape index (κ3) is 6.59. The number of rotatable bonds is 11. The summed E-state index contributed by atoms with van der Waals surface area (Å²) in [5.74, 6) is 0. The van der Waals surface area contributed by atoms with Crippen molar-refractivity contribution < 1.29 is 31.2 Å². The Hall–Kier alpha value is -3.16. The molecule has 0 spiro atoms. The summed E-state index contributed by atoms with van der Waals surface area (Å²) >= 11 is 0. The van der Waals surface area contributed by atoms with Gasteiger partial charge in [-0.1, -0.05) is 60.7 Å². The molecule has 10 nitrogen and oxygen atoms in total. The third-order valence-corrected chi connectivity index (χ3v) is 6.39. The zero-order chi connectivity index (χ0) is 26.5. The topological polar surface area (TPSA) is 126 Å². The van der Waals surface area contributed by atoms with Gasteiger partial charge in [0.25, 0.3) is 15.7 Å².